The van der Waals surface area contributed by atoms with Crippen molar-refractivity contribution in [3.8, 4) is 11.5 Å². The summed E-state index contributed by atoms with van der Waals surface area (Å²) in [6, 6.07) is 9.01. The Hall–Kier alpha value is -4.22. The molecule has 1 aliphatic heterocycles. The minimum Gasteiger partial charge on any atom is -0.492 e. The first kappa shape index (κ1) is 24.9. The third-order valence-electron chi connectivity index (χ3n) is 5.68. The summed E-state index contributed by atoms with van der Waals surface area (Å²) in [5.74, 6) is -3.11. The molecule has 0 saturated heterocycles. The molecule has 12 heteroatoms. The van der Waals surface area contributed by atoms with Crippen molar-refractivity contribution in [2.24, 2.45) is 0 Å². The van der Waals surface area contributed by atoms with E-state index in [0.29, 0.717) is 11.4 Å². The first-order valence-corrected chi connectivity index (χ1v) is 10.6. The van der Waals surface area contributed by atoms with Crippen molar-refractivity contribution in [2.45, 2.75) is 18.2 Å². The predicted molar refractivity (Wildman–Crippen MR) is 116 cm³/mol. The zero-order valence-corrected chi connectivity index (χ0v) is 18.8. The van der Waals surface area contributed by atoms with Gasteiger partial charge in [-0.15, -0.1) is 13.2 Å². The number of hydrogen-bond donors (Lipinski definition) is 1. The quantitative estimate of drug-likeness (QED) is 0.402. The van der Waals surface area contributed by atoms with Crippen molar-refractivity contribution >= 4 is 11.9 Å². The summed E-state index contributed by atoms with van der Waals surface area (Å²) in [4.78, 5) is 33.1. The molecule has 0 fully saturated rings. The van der Waals surface area contributed by atoms with Crippen LogP contribution in [0.1, 0.15) is 38.5 Å². The van der Waals surface area contributed by atoms with E-state index in [1.54, 1.807) is 12.1 Å². The second-order valence-corrected chi connectivity index (χ2v) is 7.83. The van der Waals surface area contributed by atoms with Crippen molar-refractivity contribution < 1.29 is 41.4 Å². The van der Waals surface area contributed by atoms with Crippen LogP contribution in [0.4, 0.5) is 17.6 Å². The largest absolute Gasteiger partial charge is 0.573 e. The molecular weight excluding hydrogens is 486 g/mol. The summed E-state index contributed by atoms with van der Waals surface area (Å²) in [5.41, 5.74) is -0.470. The second-order valence-electron chi connectivity index (χ2n) is 7.83. The molecule has 3 aromatic rings. The van der Waals surface area contributed by atoms with Crippen LogP contribution in [0.5, 0.6) is 11.5 Å². The zero-order valence-electron chi connectivity index (χ0n) is 18.8. The molecule has 188 valence electrons. The zero-order chi connectivity index (χ0) is 25.9. The maximum atomic E-state index is 14.7. The standard InChI is InChI=1S/C24H19F4N3O5/c1-34-22(33)14-6-9-29-17(11-14)21(32)31-13-23(7-10-35-19-3-2-8-30-20(19)23)15-4-5-18(16(25)12-15)36-24(26,27)28/h2-6,8-9,11-12H,7,10,13H2,1H3,(H,31,32)/t23-/m0/s1. The molecular formula is C24H19F4N3O5. The van der Waals surface area contributed by atoms with Gasteiger partial charge in [0.05, 0.1) is 30.4 Å². The molecule has 0 bridgehead atoms. The van der Waals surface area contributed by atoms with E-state index in [0.717, 1.165) is 12.1 Å². The maximum Gasteiger partial charge on any atom is 0.573 e. The Morgan fingerprint density at radius 2 is 1.94 bits per heavy atom. The van der Waals surface area contributed by atoms with Gasteiger partial charge in [0.1, 0.15) is 11.4 Å². The van der Waals surface area contributed by atoms with Crippen molar-refractivity contribution in [3.05, 3.63) is 83.2 Å². The highest BCUT2D eigenvalue weighted by atomic mass is 19.4. The molecule has 0 saturated carbocycles. The highest BCUT2D eigenvalue weighted by Gasteiger charge is 2.42. The minimum absolute atomic E-state index is 0.0681. The number of methoxy groups -OCH3 is 1. The van der Waals surface area contributed by atoms with E-state index in [9.17, 15) is 27.2 Å². The lowest BCUT2D eigenvalue weighted by atomic mass is 9.73. The van der Waals surface area contributed by atoms with E-state index in [1.165, 1.54) is 37.7 Å². The highest BCUT2D eigenvalue weighted by molar-refractivity contribution is 5.96. The molecule has 1 atom stereocenters. The maximum absolute atomic E-state index is 14.7. The van der Waals surface area contributed by atoms with Gasteiger partial charge in [0.15, 0.2) is 11.6 Å². The number of carbonyl (C=O) groups excluding carboxylic acids is 2. The number of esters is 1. The Kier molecular flexibility index (Phi) is 6.77. The van der Waals surface area contributed by atoms with Crippen LogP contribution in [0.2, 0.25) is 0 Å². The van der Waals surface area contributed by atoms with Gasteiger partial charge in [-0.1, -0.05) is 6.07 Å². The summed E-state index contributed by atoms with van der Waals surface area (Å²) < 4.78 is 66.6. The molecule has 8 nitrogen and oxygen atoms in total. The van der Waals surface area contributed by atoms with E-state index in [4.69, 9.17) is 4.74 Å². The van der Waals surface area contributed by atoms with E-state index in [2.05, 4.69) is 24.8 Å². The summed E-state index contributed by atoms with van der Waals surface area (Å²) in [7, 11) is 1.20. The molecule has 1 aliphatic rings. The van der Waals surface area contributed by atoms with Crippen LogP contribution in [0.25, 0.3) is 0 Å². The first-order valence-electron chi connectivity index (χ1n) is 10.6. The van der Waals surface area contributed by atoms with Crippen LogP contribution in [0.3, 0.4) is 0 Å². The molecule has 36 heavy (non-hydrogen) atoms. The van der Waals surface area contributed by atoms with Gasteiger partial charge in [-0.3, -0.25) is 14.8 Å². The van der Waals surface area contributed by atoms with Crippen LogP contribution >= 0.6 is 0 Å². The Morgan fingerprint density at radius 1 is 1.14 bits per heavy atom. The van der Waals surface area contributed by atoms with E-state index >= 15 is 0 Å². The van der Waals surface area contributed by atoms with Gasteiger partial charge in [-0.25, -0.2) is 9.18 Å². The Bertz CT molecular complexity index is 1300. The number of aromatic nitrogens is 2. The van der Waals surface area contributed by atoms with Gasteiger partial charge in [0.2, 0.25) is 0 Å². The predicted octanol–water partition coefficient (Wildman–Crippen LogP) is 3.80. The fourth-order valence-electron chi connectivity index (χ4n) is 4.00. The van der Waals surface area contributed by atoms with Gasteiger partial charge in [0.25, 0.3) is 5.91 Å². The van der Waals surface area contributed by atoms with E-state index in [-0.39, 0.29) is 36.4 Å². The number of halogens is 4. The van der Waals surface area contributed by atoms with Crippen LogP contribution in [0, 0.1) is 5.82 Å². The van der Waals surface area contributed by atoms with Crippen molar-refractivity contribution in [3.63, 3.8) is 0 Å². The number of nitrogens with one attached hydrogen (secondary N) is 1. The Labute approximate surface area is 202 Å². The number of benzene rings is 1. The first-order chi connectivity index (χ1) is 17.1. The third-order valence-corrected chi connectivity index (χ3v) is 5.68. The molecule has 4 rings (SSSR count). The summed E-state index contributed by atoms with van der Waals surface area (Å²) in [6.07, 6.45) is -2.07. The molecule has 2 aromatic heterocycles. The van der Waals surface area contributed by atoms with Crippen LogP contribution < -0.4 is 14.8 Å². The number of ether oxygens (including phenoxy) is 3. The van der Waals surface area contributed by atoms with Crippen molar-refractivity contribution in [2.75, 3.05) is 20.3 Å². The molecule has 0 unspecified atom stereocenters. The topological polar surface area (TPSA) is 99.6 Å². The average Bonchev–Trinajstić information content (AvgIpc) is 2.87. The Balaban J connectivity index is 1.70. The van der Waals surface area contributed by atoms with Crippen LogP contribution in [-0.4, -0.2) is 48.5 Å². The van der Waals surface area contributed by atoms with Gasteiger partial charge < -0.3 is 19.5 Å². The number of carbonyl (C=O) groups is 2. The lowest BCUT2D eigenvalue weighted by Crippen LogP contribution is -2.45. The van der Waals surface area contributed by atoms with Crippen LogP contribution in [0.15, 0.2) is 54.9 Å². The third kappa shape index (κ3) is 5.07. The fourth-order valence-corrected chi connectivity index (χ4v) is 4.00. The highest BCUT2D eigenvalue weighted by Crippen LogP contribution is 2.43. The number of amides is 1. The van der Waals surface area contributed by atoms with Gasteiger partial charge in [0, 0.05) is 18.9 Å². The molecule has 0 radical (unpaired) electrons. The van der Waals surface area contributed by atoms with E-state index in [1.807, 2.05) is 0 Å². The number of pyridine rings is 2. The lowest BCUT2D eigenvalue weighted by Gasteiger charge is -2.38. The number of hydrogen-bond acceptors (Lipinski definition) is 7. The number of alkyl halides is 3. The molecule has 0 aliphatic carbocycles. The summed E-state index contributed by atoms with van der Waals surface area (Å²) in [5, 5.41) is 2.72. The van der Waals surface area contributed by atoms with Crippen molar-refractivity contribution in [1.82, 2.24) is 15.3 Å². The van der Waals surface area contributed by atoms with Crippen LogP contribution in [-0.2, 0) is 10.2 Å². The number of fused-ring (bicyclic) bond motifs is 1. The molecule has 1 amide bonds. The smallest absolute Gasteiger partial charge is 0.492 e. The molecule has 3 heterocycles. The minimum atomic E-state index is -5.06. The van der Waals surface area contributed by atoms with Gasteiger partial charge in [-0.2, -0.15) is 0 Å². The fraction of sp³-hybridized carbons (Fsp3) is 0.250. The molecule has 1 N–H and O–H groups in total. The normalized spacial score (nSPS) is 16.9. The van der Waals surface area contributed by atoms with Crippen molar-refractivity contribution in [1.29, 1.82) is 0 Å². The average molecular weight is 505 g/mol. The summed E-state index contributed by atoms with van der Waals surface area (Å²) in [6.45, 7) is 0.0509. The molecule has 0 spiro atoms. The summed E-state index contributed by atoms with van der Waals surface area (Å²) >= 11 is 0. The number of rotatable bonds is 6. The second kappa shape index (κ2) is 9.80. The monoisotopic (exact) mass is 505 g/mol. The number of nitrogens with zero attached hydrogens (tertiary/aromatic N) is 2. The Morgan fingerprint density at radius 3 is 2.67 bits per heavy atom. The lowest BCUT2D eigenvalue weighted by molar-refractivity contribution is -0.275. The molecule has 1 aromatic carbocycles. The van der Waals surface area contributed by atoms with Gasteiger partial charge in [-0.05, 0) is 48.4 Å². The SMILES string of the molecule is COC(=O)c1ccnc(C(=O)NC[C@]2(c3ccc(OC(F)(F)F)c(F)c3)CCOc3cccnc32)c1. The van der Waals surface area contributed by atoms with E-state index < -0.39 is 35.2 Å². The van der Waals surface area contributed by atoms with Gasteiger partial charge >= 0.3 is 12.3 Å².